The predicted molar refractivity (Wildman–Crippen MR) is 158 cm³/mol. The quantitative estimate of drug-likeness (QED) is 0.169. The minimum Gasteiger partial charge on any atom is -0.493 e. The van der Waals surface area contributed by atoms with Gasteiger partial charge >= 0.3 is 0 Å². The highest BCUT2D eigenvalue weighted by molar-refractivity contribution is 7.92. The van der Waals surface area contributed by atoms with Crippen LogP contribution in [-0.4, -0.2) is 41.3 Å². The van der Waals surface area contributed by atoms with Crippen molar-refractivity contribution in [3.63, 3.8) is 0 Å². The number of rotatable bonds is 12. The van der Waals surface area contributed by atoms with E-state index in [1.165, 1.54) is 50.8 Å². The zero-order valence-electron chi connectivity index (χ0n) is 22.7. The summed E-state index contributed by atoms with van der Waals surface area (Å²) in [6.45, 7) is -0.255. The summed E-state index contributed by atoms with van der Waals surface area (Å²) in [5.41, 5.74) is 4.06. The Bertz CT molecular complexity index is 1650. The van der Waals surface area contributed by atoms with Gasteiger partial charge in [-0.15, -0.1) is 0 Å². The molecule has 42 heavy (non-hydrogen) atoms. The van der Waals surface area contributed by atoms with E-state index in [9.17, 15) is 17.6 Å². The first kappa shape index (κ1) is 30.4. The van der Waals surface area contributed by atoms with E-state index in [0.717, 1.165) is 22.0 Å². The molecular weight excluding hydrogens is 585 g/mol. The third-order valence-electron chi connectivity index (χ3n) is 5.95. The van der Waals surface area contributed by atoms with E-state index < -0.39 is 28.3 Å². The Morgan fingerprint density at radius 1 is 0.929 bits per heavy atom. The molecule has 0 saturated carbocycles. The van der Waals surface area contributed by atoms with Crippen LogP contribution in [0.5, 0.6) is 17.2 Å². The fourth-order valence-electron chi connectivity index (χ4n) is 3.77. The average molecular weight is 612 g/mol. The molecule has 4 aromatic carbocycles. The minimum absolute atomic E-state index is 0.0829. The molecule has 0 unspecified atom stereocenters. The van der Waals surface area contributed by atoms with Gasteiger partial charge in [-0.2, -0.15) is 5.10 Å². The number of amides is 1. The number of hydrogen-bond acceptors (Lipinski definition) is 7. The number of hydrogen-bond donors (Lipinski definition) is 1. The highest BCUT2D eigenvalue weighted by atomic mass is 35.5. The maximum atomic E-state index is 13.6. The van der Waals surface area contributed by atoms with Crippen molar-refractivity contribution in [2.24, 2.45) is 5.10 Å². The molecule has 4 rings (SSSR count). The Labute approximate surface area is 248 Å². The number of halogens is 2. The molecule has 0 atom stereocenters. The second-order valence-electron chi connectivity index (χ2n) is 8.78. The largest absolute Gasteiger partial charge is 0.493 e. The Kier molecular flexibility index (Phi) is 10.00. The summed E-state index contributed by atoms with van der Waals surface area (Å²) in [6.07, 6.45) is 1.41. The van der Waals surface area contributed by atoms with Gasteiger partial charge in [-0.05, 0) is 83.9 Å². The van der Waals surface area contributed by atoms with Gasteiger partial charge in [0.2, 0.25) is 0 Å². The van der Waals surface area contributed by atoms with Crippen LogP contribution in [0.4, 0.5) is 10.1 Å². The highest BCUT2D eigenvalue weighted by Gasteiger charge is 2.28. The Morgan fingerprint density at radius 3 is 2.24 bits per heavy atom. The van der Waals surface area contributed by atoms with Crippen molar-refractivity contribution in [2.45, 2.75) is 11.5 Å². The summed E-state index contributed by atoms with van der Waals surface area (Å²) in [6, 6.07) is 23.1. The molecule has 4 aromatic rings. The molecular formula is C30H27ClFN3O6S. The summed E-state index contributed by atoms with van der Waals surface area (Å²) < 4.78 is 57.8. The van der Waals surface area contributed by atoms with Gasteiger partial charge in [0.15, 0.2) is 11.5 Å². The lowest BCUT2D eigenvalue weighted by atomic mass is 10.2. The van der Waals surface area contributed by atoms with Crippen LogP contribution in [0.3, 0.4) is 0 Å². The lowest BCUT2D eigenvalue weighted by molar-refractivity contribution is -0.119. The molecule has 218 valence electrons. The van der Waals surface area contributed by atoms with E-state index in [0.29, 0.717) is 28.7 Å². The topological polar surface area (TPSA) is 107 Å². The standard InChI is InChI=1S/C30H27ClFN3O6S/c1-39-28-16-15-27(17-29(28)40-2)42(37,38)35(25-11-9-24(32)10-12-25)19-30(36)34-33-18-21-5-13-26(14-6-21)41-20-22-3-7-23(31)8-4-22/h3-18H,19-20H2,1-2H3,(H,34,36)/b33-18-. The maximum absolute atomic E-state index is 13.6. The van der Waals surface area contributed by atoms with E-state index in [2.05, 4.69) is 10.5 Å². The van der Waals surface area contributed by atoms with Crippen LogP contribution in [0.15, 0.2) is 101 Å². The van der Waals surface area contributed by atoms with Crippen LogP contribution in [-0.2, 0) is 21.4 Å². The van der Waals surface area contributed by atoms with Crippen LogP contribution < -0.4 is 23.9 Å². The van der Waals surface area contributed by atoms with Crippen molar-refractivity contribution in [3.8, 4) is 17.2 Å². The number of methoxy groups -OCH3 is 2. The first-order valence-electron chi connectivity index (χ1n) is 12.5. The fourth-order valence-corrected chi connectivity index (χ4v) is 5.33. The predicted octanol–water partition coefficient (Wildman–Crippen LogP) is 5.42. The van der Waals surface area contributed by atoms with Crippen molar-refractivity contribution < 1.29 is 31.8 Å². The number of benzene rings is 4. The van der Waals surface area contributed by atoms with Crippen LogP contribution in [0.2, 0.25) is 5.02 Å². The summed E-state index contributed by atoms with van der Waals surface area (Å²) in [4.78, 5) is 12.6. The van der Waals surface area contributed by atoms with Gasteiger partial charge in [-0.3, -0.25) is 9.10 Å². The van der Waals surface area contributed by atoms with Crippen molar-refractivity contribution >= 4 is 39.4 Å². The van der Waals surface area contributed by atoms with Gasteiger partial charge in [0, 0.05) is 11.1 Å². The Hall–Kier alpha value is -4.61. The molecule has 0 aromatic heterocycles. The summed E-state index contributed by atoms with van der Waals surface area (Å²) in [5.74, 6) is -0.118. The van der Waals surface area contributed by atoms with Crippen LogP contribution >= 0.6 is 11.6 Å². The molecule has 12 heteroatoms. The van der Waals surface area contributed by atoms with E-state index in [1.54, 1.807) is 36.4 Å². The monoisotopic (exact) mass is 611 g/mol. The maximum Gasteiger partial charge on any atom is 0.264 e. The molecule has 0 radical (unpaired) electrons. The molecule has 0 heterocycles. The fraction of sp³-hybridized carbons (Fsp3) is 0.133. The van der Waals surface area contributed by atoms with Crippen LogP contribution in [0, 0.1) is 5.82 Å². The SMILES string of the molecule is COc1ccc(S(=O)(=O)N(CC(=O)N/N=C\c2ccc(OCc3ccc(Cl)cc3)cc2)c2ccc(F)cc2)cc1OC. The van der Waals surface area contributed by atoms with Gasteiger partial charge in [0.1, 0.15) is 24.7 Å². The van der Waals surface area contributed by atoms with E-state index >= 15 is 0 Å². The number of hydrazone groups is 1. The molecule has 0 spiro atoms. The lowest BCUT2D eigenvalue weighted by Gasteiger charge is -2.24. The van der Waals surface area contributed by atoms with Crippen molar-refractivity contribution in [2.75, 3.05) is 25.1 Å². The molecule has 0 aliphatic carbocycles. The van der Waals surface area contributed by atoms with Crippen molar-refractivity contribution in [3.05, 3.63) is 113 Å². The highest BCUT2D eigenvalue weighted by Crippen LogP contribution is 2.32. The molecule has 0 bridgehead atoms. The number of carbonyl (C=O) groups excluding carboxylic acids is 1. The molecule has 0 fully saturated rings. The number of nitrogens with zero attached hydrogens (tertiary/aromatic N) is 2. The zero-order valence-corrected chi connectivity index (χ0v) is 24.2. The molecule has 0 aliphatic heterocycles. The van der Waals surface area contributed by atoms with Crippen LogP contribution in [0.1, 0.15) is 11.1 Å². The number of nitrogens with one attached hydrogen (secondary N) is 1. The Balaban J connectivity index is 1.44. The lowest BCUT2D eigenvalue weighted by Crippen LogP contribution is -2.39. The molecule has 1 amide bonds. The summed E-state index contributed by atoms with van der Waals surface area (Å²) in [5, 5.41) is 4.59. The van der Waals surface area contributed by atoms with Gasteiger partial charge in [-0.25, -0.2) is 18.2 Å². The zero-order chi connectivity index (χ0) is 30.1. The molecule has 9 nitrogen and oxygen atoms in total. The number of carbonyl (C=O) groups is 1. The van der Waals surface area contributed by atoms with Gasteiger partial charge in [0.05, 0.1) is 31.0 Å². The van der Waals surface area contributed by atoms with Gasteiger partial charge in [0.25, 0.3) is 15.9 Å². The number of anilines is 1. The molecule has 1 N–H and O–H groups in total. The summed E-state index contributed by atoms with van der Waals surface area (Å²) >= 11 is 5.90. The normalized spacial score (nSPS) is 11.2. The summed E-state index contributed by atoms with van der Waals surface area (Å²) in [7, 11) is -1.49. The Morgan fingerprint density at radius 2 is 1.60 bits per heavy atom. The van der Waals surface area contributed by atoms with Gasteiger partial charge < -0.3 is 14.2 Å². The molecule has 0 aliphatic rings. The second kappa shape index (κ2) is 13.8. The third kappa shape index (κ3) is 7.77. The van der Waals surface area contributed by atoms with E-state index in [1.807, 2.05) is 12.1 Å². The van der Waals surface area contributed by atoms with E-state index in [-0.39, 0.29) is 16.3 Å². The smallest absolute Gasteiger partial charge is 0.264 e. The van der Waals surface area contributed by atoms with Gasteiger partial charge in [-0.1, -0.05) is 23.7 Å². The second-order valence-corrected chi connectivity index (χ2v) is 11.1. The van der Waals surface area contributed by atoms with Crippen molar-refractivity contribution in [1.82, 2.24) is 5.43 Å². The van der Waals surface area contributed by atoms with Crippen molar-refractivity contribution in [1.29, 1.82) is 0 Å². The van der Waals surface area contributed by atoms with E-state index in [4.69, 9.17) is 25.8 Å². The number of ether oxygens (including phenoxy) is 3. The molecule has 0 saturated heterocycles. The number of sulfonamides is 1. The average Bonchev–Trinajstić information content (AvgIpc) is 3.00. The first-order valence-corrected chi connectivity index (χ1v) is 14.3. The first-order chi connectivity index (χ1) is 20.2. The third-order valence-corrected chi connectivity index (χ3v) is 7.97. The minimum atomic E-state index is -4.29. The van der Waals surface area contributed by atoms with Crippen LogP contribution in [0.25, 0.3) is 0 Å².